The lowest BCUT2D eigenvalue weighted by molar-refractivity contribution is 0.0117. The van der Waals surface area contributed by atoms with Gasteiger partial charge in [0.1, 0.15) is 5.75 Å². The minimum absolute atomic E-state index is 0.382. The predicted molar refractivity (Wildman–Crippen MR) is 103 cm³/mol. The molecule has 2 aromatic heterocycles. The first kappa shape index (κ1) is 17.3. The maximum Gasteiger partial charge on any atom is 0.204 e. The van der Waals surface area contributed by atoms with Crippen LogP contribution in [-0.2, 0) is 0 Å². The molecule has 2 aliphatic carbocycles. The van der Waals surface area contributed by atoms with Crippen molar-refractivity contribution in [3.63, 3.8) is 0 Å². The number of fused-ring (bicyclic) bond motifs is 1. The van der Waals surface area contributed by atoms with Crippen LogP contribution in [-0.4, -0.2) is 21.2 Å². The third kappa shape index (κ3) is 3.09. The SMILES string of the molecule is C[C@@H]1CC[C@H](COc2cc3nnc(Br)n3cc2C2CC2)[C@H](C)C1(C)C. The number of aromatic nitrogens is 3. The molecule has 0 bridgehead atoms. The molecule has 2 aliphatic rings. The van der Waals surface area contributed by atoms with Crippen molar-refractivity contribution in [3.8, 4) is 5.75 Å². The van der Waals surface area contributed by atoms with Crippen LogP contribution in [0.25, 0.3) is 5.65 Å². The van der Waals surface area contributed by atoms with Crippen LogP contribution in [0.5, 0.6) is 5.75 Å². The van der Waals surface area contributed by atoms with Crippen LogP contribution in [0.15, 0.2) is 17.0 Å². The molecule has 136 valence electrons. The Morgan fingerprint density at radius 3 is 2.68 bits per heavy atom. The van der Waals surface area contributed by atoms with Crippen molar-refractivity contribution in [2.24, 2.45) is 23.2 Å². The Balaban J connectivity index is 1.55. The largest absolute Gasteiger partial charge is 0.493 e. The molecule has 0 aliphatic heterocycles. The Morgan fingerprint density at radius 1 is 1.20 bits per heavy atom. The molecule has 4 rings (SSSR count). The predicted octanol–water partition coefficient (Wildman–Crippen LogP) is 5.46. The van der Waals surface area contributed by atoms with Crippen molar-refractivity contribution in [3.05, 3.63) is 22.6 Å². The average Bonchev–Trinajstić information content (AvgIpc) is 3.36. The van der Waals surface area contributed by atoms with Gasteiger partial charge in [0.25, 0.3) is 0 Å². The van der Waals surface area contributed by atoms with Gasteiger partial charge in [0, 0.05) is 17.8 Å². The lowest BCUT2D eigenvalue weighted by Crippen LogP contribution is -2.41. The molecule has 0 aromatic carbocycles. The summed E-state index contributed by atoms with van der Waals surface area (Å²) in [6.45, 7) is 10.5. The van der Waals surface area contributed by atoms with Gasteiger partial charge in [-0.15, -0.1) is 10.2 Å². The summed E-state index contributed by atoms with van der Waals surface area (Å²) in [5, 5.41) is 8.35. The van der Waals surface area contributed by atoms with Gasteiger partial charge in [-0.25, -0.2) is 0 Å². The summed E-state index contributed by atoms with van der Waals surface area (Å²) < 4.78 is 9.16. The number of pyridine rings is 1. The van der Waals surface area contributed by atoms with E-state index >= 15 is 0 Å². The summed E-state index contributed by atoms with van der Waals surface area (Å²) >= 11 is 3.47. The number of rotatable bonds is 4. The van der Waals surface area contributed by atoms with E-state index < -0.39 is 0 Å². The highest BCUT2D eigenvalue weighted by atomic mass is 79.9. The van der Waals surface area contributed by atoms with E-state index in [-0.39, 0.29) is 0 Å². The minimum atomic E-state index is 0.382. The maximum absolute atomic E-state index is 6.40. The summed E-state index contributed by atoms with van der Waals surface area (Å²) in [5.41, 5.74) is 2.54. The van der Waals surface area contributed by atoms with E-state index in [9.17, 15) is 0 Å². The molecule has 2 fully saturated rings. The molecular formula is C20H28BrN3O. The smallest absolute Gasteiger partial charge is 0.204 e. The molecule has 25 heavy (non-hydrogen) atoms. The van der Waals surface area contributed by atoms with Gasteiger partial charge in [-0.3, -0.25) is 4.40 Å². The molecule has 0 unspecified atom stereocenters. The van der Waals surface area contributed by atoms with Crippen LogP contribution in [0.4, 0.5) is 0 Å². The lowest BCUT2D eigenvalue weighted by atomic mass is 9.59. The Morgan fingerprint density at radius 2 is 1.96 bits per heavy atom. The molecule has 3 atom stereocenters. The van der Waals surface area contributed by atoms with Crippen molar-refractivity contribution in [1.29, 1.82) is 0 Å². The van der Waals surface area contributed by atoms with E-state index in [0.29, 0.717) is 23.2 Å². The Labute approximate surface area is 158 Å². The van der Waals surface area contributed by atoms with Gasteiger partial charge < -0.3 is 4.74 Å². The third-order valence-electron chi connectivity index (χ3n) is 7.08. The van der Waals surface area contributed by atoms with Gasteiger partial charge in [0.05, 0.1) is 6.61 Å². The van der Waals surface area contributed by atoms with Crippen LogP contribution < -0.4 is 4.74 Å². The van der Waals surface area contributed by atoms with Gasteiger partial charge >= 0.3 is 0 Å². The van der Waals surface area contributed by atoms with Crippen molar-refractivity contribution in [2.45, 2.75) is 59.3 Å². The zero-order valence-electron chi connectivity index (χ0n) is 15.6. The highest BCUT2D eigenvalue weighted by Crippen LogP contribution is 2.48. The fraction of sp³-hybridized carbons (Fsp3) is 0.700. The standard InChI is InChI=1S/C20H28BrN3O/c1-12-5-6-15(13(2)20(12,3)4)11-25-17-9-18-22-23-19(21)24(18)10-16(17)14-7-8-14/h9-10,12-15H,5-8,11H2,1-4H3/t12-,13+,15-/m1/s1. The molecular weight excluding hydrogens is 378 g/mol. The van der Waals surface area contributed by atoms with Gasteiger partial charge in [-0.2, -0.15) is 0 Å². The van der Waals surface area contributed by atoms with E-state index in [2.05, 4.69) is 66.1 Å². The van der Waals surface area contributed by atoms with Crippen molar-refractivity contribution < 1.29 is 4.74 Å². The molecule has 2 heterocycles. The van der Waals surface area contributed by atoms with E-state index in [1.165, 1.54) is 31.2 Å². The minimum Gasteiger partial charge on any atom is -0.493 e. The number of hydrogen-bond donors (Lipinski definition) is 0. The molecule has 2 aromatic rings. The van der Waals surface area contributed by atoms with E-state index in [4.69, 9.17) is 4.74 Å². The molecule has 0 spiro atoms. The monoisotopic (exact) mass is 405 g/mol. The van der Waals surface area contributed by atoms with Gasteiger partial charge in [0.2, 0.25) is 4.73 Å². The first-order chi connectivity index (χ1) is 11.9. The first-order valence-corrected chi connectivity index (χ1v) is 10.3. The summed E-state index contributed by atoms with van der Waals surface area (Å²) in [5.74, 6) is 3.73. The van der Waals surface area contributed by atoms with Crippen molar-refractivity contribution >= 4 is 21.6 Å². The number of nitrogens with zero attached hydrogens (tertiary/aromatic N) is 3. The second kappa shape index (κ2) is 6.26. The number of hydrogen-bond acceptors (Lipinski definition) is 3. The fourth-order valence-electron chi connectivity index (χ4n) is 4.30. The fourth-order valence-corrected chi connectivity index (χ4v) is 4.66. The maximum atomic E-state index is 6.40. The zero-order valence-corrected chi connectivity index (χ0v) is 17.2. The third-order valence-corrected chi connectivity index (χ3v) is 7.63. The van der Waals surface area contributed by atoms with Gasteiger partial charge in [0.15, 0.2) is 5.65 Å². The Kier molecular flexibility index (Phi) is 4.33. The summed E-state index contributed by atoms with van der Waals surface area (Å²) in [4.78, 5) is 0. The molecule has 5 heteroatoms. The van der Waals surface area contributed by atoms with E-state index in [1.807, 2.05) is 4.40 Å². The van der Waals surface area contributed by atoms with Crippen LogP contribution in [0, 0.1) is 23.2 Å². The molecule has 0 N–H and O–H groups in total. The Bertz CT molecular complexity index is 781. The summed E-state index contributed by atoms with van der Waals surface area (Å²) in [6.07, 6.45) is 7.24. The lowest BCUT2D eigenvalue weighted by Gasteiger charge is -2.46. The zero-order chi connectivity index (χ0) is 17.8. The number of ether oxygens (including phenoxy) is 1. The molecule has 0 amide bonds. The second-order valence-corrected chi connectivity index (χ2v) is 9.43. The first-order valence-electron chi connectivity index (χ1n) is 9.55. The average molecular weight is 406 g/mol. The molecule has 4 nitrogen and oxygen atoms in total. The van der Waals surface area contributed by atoms with Crippen LogP contribution in [0.3, 0.4) is 0 Å². The quantitative estimate of drug-likeness (QED) is 0.677. The summed E-state index contributed by atoms with van der Waals surface area (Å²) in [6, 6.07) is 2.06. The van der Waals surface area contributed by atoms with Gasteiger partial charge in [-0.05, 0) is 70.7 Å². The topological polar surface area (TPSA) is 39.4 Å². The van der Waals surface area contributed by atoms with Gasteiger partial charge in [-0.1, -0.05) is 27.7 Å². The highest BCUT2D eigenvalue weighted by molar-refractivity contribution is 9.10. The summed E-state index contributed by atoms with van der Waals surface area (Å²) in [7, 11) is 0. The van der Waals surface area contributed by atoms with Crippen LogP contribution in [0.2, 0.25) is 0 Å². The number of halogens is 1. The molecule has 0 saturated heterocycles. The van der Waals surface area contributed by atoms with Crippen LogP contribution >= 0.6 is 15.9 Å². The highest BCUT2D eigenvalue weighted by Gasteiger charge is 2.41. The normalized spacial score (nSPS) is 29.1. The van der Waals surface area contributed by atoms with E-state index in [1.54, 1.807) is 0 Å². The van der Waals surface area contributed by atoms with Crippen LogP contribution in [0.1, 0.15) is 64.9 Å². The van der Waals surface area contributed by atoms with Crippen molar-refractivity contribution in [1.82, 2.24) is 14.6 Å². The van der Waals surface area contributed by atoms with E-state index in [0.717, 1.165) is 28.7 Å². The second-order valence-electron chi connectivity index (χ2n) is 8.72. The Hall–Kier alpha value is -1.10. The molecule has 0 radical (unpaired) electrons. The molecule has 2 saturated carbocycles. The van der Waals surface area contributed by atoms with Crippen molar-refractivity contribution in [2.75, 3.05) is 6.61 Å².